The van der Waals surface area contributed by atoms with Crippen molar-refractivity contribution < 1.29 is 23.9 Å². The van der Waals surface area contributed by atoms with Crippen LogP contribution >= 0.6 is 11.6 Å². The number of ether oxygens (including phenoxy) is 1. The summed E-state index contributed by atoms with van der Waals surface area (Å²) in [5.74, 6) is -2.25. The van der Waals surface area contributed by atoms with E-state index in [1.807, 2.05) is 0 Å². The third-order valence-electron chi connectivity index (χ3n) is 5.10. The molecule has 2 unspecified atom stereocenters. The Kier molecular flexibility index (Phi) is 10.2. The summed E-state index contributed by atoms with van der Waals surface area (Å²) in [5, 5.41) is 5.66. The minimum absolute atomic E-state index is 0.208. The number of hydrogen-bond donors (Lipinski definition) is 5. The molecule has 11 heteroatoms. The van der Waals surface area contributed by atoms with Gasteiger partial charge in [0.2, 0.25) is 5.91 Å². The first kappa shape index (κ1) is 28.6. The molecule has 0 saturated carbocycles. The van der Waals surface area contributed by atoms with Gasteiger partial charge < -0.3 is 21.1 Å². The molecule has 36 heavy (non-hydrogen) atoms. The van der Waals surface area contributed by atoms with E-state index in [4.69, 9.17) is 22.1 Å². The lowest BCUT2D eigenvalue weighted by molar-refractivity contribution is -0.142. The molecule has 6 N–H and O–H groups in total. The van der Waals surface area contributed by atoms with E-state index in [1.165, 1.54) is 18.2 Å². The van der Waals surface area contributed by atoms with Crippen molar-refractivity contribution in [2.45, 2.75) is 39.8 Å². The second-order valence-corrected chi connectivity index (χ2v) is 9.42. The van der Waals surface area contributed by atoms with Crippen molar-refractivity contribution in [2.24, 2.45) is 5.41 Å². The molecular formula is C25H32ClN5O5. The van der Waals surface area contributed by atoms with Crippen molar-refractivity contribution in [1.82, 2.24) is 21.5 Å². The summed E-state index contributed by atoms with van der Waals surface area (Å²) in [6.07, 6.45) is 0. The van der Waals surface area contributed by atoms with Crippen molar-refractivity contribution in [2.75, 3.05) is 18.9 Å². The van der Waals surface area contributed by atoms with E-state index in [0.29, 0.717) is 11.3 Å². The monoisotopic (exact) mass is 517 g/mol. The minimum Gasteiger partial charge on any atom is -0.465 e. The van der Waals surface area contributed by atoms with Crippen molar-refractivity contribution >= 4 is 41.0 Å². The predicted molar refractivity (Wildman–Crippen MR) is 137 cm³/mol. The summed E-state index contributed by atoms with van der Waals surface area (Å²) in [7, 11) is 0. The van der Waals surface area contributed by atoms with Crippen LogP contribution in [0.4, 0.5) is 5.69 Å². The van der Waals surface area contributed by atoms with Gasteiger partial charge in [0.05, 0.1) is 17.3 Å². The maximum Gasteiger partial charge on any atom is 0.321 e. The number of anilines is 1. The number of nitrogens with one attached hydrogen (secondary N) is 4. The first-order chi connectivity index (χ1) is 16.9. The van der Waals surface area contributed by atoms with Crippen LogP contribution < -0.4 is 27.2 Å². The second-order valence-electron chi connectivity index (χ2n) is 9.01. The van der Waals surface area contributed by atoms with Crippen LogP contribution in [0.1, 0.15) is 49.7 Å². The van der Waals surface area contributed by atoms with Crippen LogP contribution in [0.2, 0.25) is 5.02 Å². The highest BCUT2D eigenvalue weighted by Gasteiger charge is 2.35. The Labute approximate surface area is 215 Å². The molecule has 0 aliphatic rings. The highest BCUT2D eigenvalue weighted by molar-refractivity contribution is 6.33. The zero-order valence-electron chi connectivity index (χ0n) is 20.7. The van der Waals surface area contributed by atoms with E-state index >= 15 is 0 Å². The number of hydrogen-bond acceptors (Lipinski definition) is 7. The van der Waals surface area contributed by atoms with E-state index in [9.17, 15) is 19.2 Å². The molecule has 0 aromatic heterocycles. The fourth-order valence-corrected chi connectivity index (χ4v) is 3.40. The predicted octanol–water partition coefficient (Wildman–Crippen LogP) is 2.11. The number of esters is 1. The molecular weight excluding hydrogens is 486 g/mol. The van der Waals surface area contributed by atoms with E-state index in [1.54, 1.807) is 58.0 Å². The standard InChI is InChI=1S/C25H32ClN5O5/c1-5-36-19(32)14-28-31-23(34)20(15-9-7-6-8-10-15)29-24(35)21(25(2,3)4)30-22(33)16-11-12-18(27)17(26)13-16/h6-13,20-21,28H,5,14,27H2,1-4H3,(H,29,35)(H,30,33)(H,31,34). The van der Waals surface area contributed by atoms with Gasteiger partial charge in [0.25, 0.3) is 11.8 Å². The van der Waals surface area contributed by atoms with Gasteiger partial charge in [-0.05, 0) is 36.1 Å². The molecule has 0 fully saturated rings. The smallest absolute Gasteiger partial charge is 0.321 e. The van der Waals surface area contributed by atoms with Gasteiger partial charge >= 0.3 is 5.97 Å². The number of hydrazine groups is 1. The minimum atomic E-state index is -1.11. The molecule has 3 amide bonds. The molecule has 2 aromatic rings. The van der Waals surface area contributed by atoms with Crippen molar-refractivity contribution in [3.63, 3.8) is 0 Å². The van der Waals surface area contributed by atoms with E-state index in [0.717, 1.165) is 0 Å². The molecule has 10 nitrogen and oxygen atoms in total. The lowest BCUT2D eigenvalue weighted by Crippen LogP contribution is -2.56. The summed E-state index contributed by atoms with van der Waals surface area (Å²) in [6, 6.07) is 10.9. The van der Waals surface area contributed by atoms with E-state index in [2.05, 4.69) is 21.5 Å². The van der Waals surface area contributed by atoms with Crippen LogP contribution in [0.15, 0.2) is 48.5 Å². The Hall–Kier alpha value is -3.63. The van der Waals surface area contributed by atoms with E-state index in [-0.39, 0.29) is 23.7 Å². The number of benzene rings is 2. The first-order valence-corrected chi connectivity index (χ1v) is 11.7. The Balaban J connectivity index is 2.21. The van der Waals surface area contributed by atoms with Gasteiger partial charge in [0.1, 0.15) is 18.6 Å². The molecule has 0 heterocycles. The summed E-state index contributed by atoms with van der Waals surface area (Å²) in [5.41, 5.74) is 11.0. The SMILES string of the molecule is CCOC(=O)CNNC(=O)C(NC(=O)C(NC(=O)c1ccc(N)c(Cl)c1)C(C)(C)C)c1ccccc1. The number of nitrogen functional groups attached to an aromatic ring is 1. The Bertz CT molecular complexity index is 1090. The molecule has 0 spiro atoms. The van der Waals surface area contributed by atoms with Gasteiger partial charge in [0, 0.05) is 5.56 Å². The zero-order chi connectivity index (χ0) is 26.9. The molecule has 0 saturated heterocycles. The highest BCUT2D eigenvalue weighted by Crippen LogP contribution is 2.23. The summed E-state index contributed by atoms with van der Waals surface area (Å²) >= 11 is 6.03. The van der Waals surface area contributed by atoms with Crippen LogP contribution in [0.25, 0.3) is 0 Å². The van der Waals surface area contributed by atoms with Crippen molar-refractivity contribution in [3.8, 4) is 0 Å². The molecule has 2 aromatic carbocycles. The molecule has 194 valence electrons. The molecule has 2 atom stereocenters. The van der Waals surface area contributed by atoms with Gasteiger partial charge in [-0.15, -0.1) is 0 Å². The van der Waals surface area contributed by atoms with Crippen molar-refractivity contribution in [1.29, 1.82) is 0 Å². The highest BCUT2D eigenvalue weighted by atomic mass is 35.5. The average Bonchev–Trinajstić information content (AvgIpc) is 2.82. The topological polar surface area (TPSA) is 152 Å². The molecule has 0 aliphatic carbocycles. The molecule has 0 aliphatic heterocycles. The third-order valence-corrected chi connectivity index (χ3v) is 5.42. The lowest BCUT2D eigenvalue weighted by Gasteiger charge is -2.32. The Morgan fingerprint density at radius 1 is 1.00 bits per heavy atom. The van der Waals surface area contributed by atoms with Gasteiger partial charge in [-0.3, -0.25) is 24.6 Å². The second kappa shape index (κ2) is 12.9. The van der Waals surface area contributed by atoms with Gasteiger partial charge in [0.15, 0.2) is 0 Å². The van der Waals surface area contributed by atoms with Gasteiger partial charge in [-0.25, -0.2) is 5.43 Å². The van der Waals surface area contributed by atoms with Crippen LogP contribution in [0.5, 0.6) is 0 Å². The molecule has 0 bridgehead atoms. The third kappa shape index (κ3) is 8.24. The molecule has 2 rings (SSSR count). The fraction of sp³-hybridized carbons (Fsp3) is 0.360. The number of carbonyl (C=O) groups is 4. The number of halogens is 1. The number of amides is 3. The zero-order valence-corrected chi connectivity index (χ0v) is 21.4. The maximum atomic E-state index is 13.4. The fourth-order valence-electron chi connectivity index (χ4n) is 3.22. The maximum absolute atomic E-state index is 13.4. The lowest BCUT2D eigenvalue weighted by atomic mass is 9.85. The van der Waals surface area contributed by atoms with Crippen molar-refractivity contribution in [3.05, 3.63) is 64.7 Å². The number of nitrogens with two attached hydrogens (primary N) is 1. The number of carbonyl (C=O) groups excluding carboxylic acids is 4. The summed E-state index contributed by atoms with van der Waals surface area (Å²) in [4.78, 5) is 50.8. The largest absolute Gasteiger partial charge is 0.465 e. The van der Waals surface area contributed by atoms with Crippen LogP contribution in [-0.4, -0.2) is 42.9 Å². The summed E-state index contributed by atoms with van der Waals surface area (Å²) in [6.45, 7) is 6.98. The van der Waals surface area contributed by atoms with Crippen LogP contribution in [-0.2, 0) is 19.1 Å². The Morgan fingerprint density at radius 3 is 2.25 bits per heavy atom. The normalized spacial score (nSPS) is 12.7. The van der Waals surface area contributed by atoms with Crippen LogP contribution in [0.3, 0.4) is 0 Å². The van der Waals surface area contributed by atoms with Crippen LogP contribution in [0, 0.1) is 5.41 Å². The van der Waals surface area contributed by atoms with Gasteiger partial charge in [-0.1, -0.05) is 62.7 Å². The Morgan fingerprint density at radius 2 is 1.67 bits per heavy atom. The number of rotatable bonds is 10. The molecule has 0 radical (unpaired) electrons. The quantitative estimate of drug-likeness (QED) is 0.184. The van der Waals surface area contributed by atoms with E-state index < -0.39 is 41.2 Å². The average molecular weight is 518 g/mol. The first-order valence-electron chi connectivity index (χ1n) is 11.3. The van der Waals surface area contributed by atoms with Gasteiger partial charge in [-0.2, -0.15) is 0 Å². The summed E-state index contributed by atoms with van der Waals surface area (Å²) < 4.78 is 4.81.